The summed E-state index contributed by atoms with van der Waals surface area (Å²) in [4.78, 5) is 22.8. The van der Waals surface area contributed by atoms with Crippen molar-refractivity contribution in [2.45, 2.75) is 25.1 Å². The molecule has 7 heteroatoms. The van der Waals surface area contributed by atoms with Gasteiger partial charge in [0.1, 0.15) is 6.04 Å². The number of carbonyl (C=O) groups excluding carboxylic acids is 1. The van der Waals surface area contributed by atoms with Crippen molar-refractivity contribution >= 4 is 11.9 Å². The van der Waals surface area contributed by atoms with E-state index in [0.29, 0.717) is 12.5 Å². The lowest BCUT2D eigenvalue weighted by Gasteiger charge is -2.14. The van der Waals surface area contributed by atoms with Crippen LogP contribution in [0.25, 0.3) is 0 Å². The van der Waals surface area contributed by atoms with Crippen molar-refractivity contribution in [3.8, 4) is 0 Å². The van der Waals surface area contributed by atoms with Crippen LogP contribution in [0.5, 0.6) is 0 Å². The molecule has 1 aromatic carbocycles. The number of benzene rings is 1. The number of allylic oxidation sites excluding steroid dienone is 1. The highest BCUT2D eigenvalue weighted by Gasteiger charge is 2.31. The van der Waals surface area contributed by atoms with E-state index in [0.717, 1.165) is 12.1 Å². The Bertz CT molecular complexity index is 541. The predicted octanol–water partition coefficient (Wildman–Crippen LogP) is 2.85. The molecule has 2 N–H and O–H groups in total. The number of nitrogens with one attached hydrogen (secondary N) is 1. The zero-order chi connectivity index (χ0) is 16.0. The highest BCUT2D eigenvalue weighted by atomic mass is 19.4. The first-order valence-corrected chi connectivity index (χ1v) is 6.07. The molecule has 1 rings (SSSR count). The first-order chi connectivity index (χ1) is 9.75. The molecule has 0 aliphatic carbocycles. The van der Waals surface area contributed by atoms with Gasteiger partial charge in [0.2, 0.25) is 0 Å². The monoisotopic (exact) mass is 301 g/mol. The van der Waals surface area contributed by atoms with E-state index in [2.05, 4.69) is 11.9 Å². The predicted molar refractivity (Wildman–Crippen MR) is 69.8 cm³/mol. The maximum atomic E-state index is 12.6. The Morgan fingerprint density at radius 1 is 1.38 bits per heavy atom. The Morgan fingerprint density at radius 3 is 2.57 bits per heavy atom. The summed E-state index contributed by atoms with van der Waals surface area (Å²) >= 11 is 0. The van der Waals surface area contributed by atoms with Gasteiger partial charge in [-0.05, 0) is 31.0 Å². The second-order valence-corrected chi connectivity index (χ2v) is 4.31. The van der Waals surface area contributed by atoms with Crippen LogP contribution in [0.1, 0.15) is 28.8 Å². The van der Waals surface area contributed by atoms with E-state index >= 15 is 0 Å². The maximum absolute atomic E-state index is 12.6. The van der Waals surface area contributed by atoms with Gasteiger partial charge in [0.15, 0.2) is 0 Å². The zero-order valence-corrected chi connectivity index (χ0v) is 11.0. The molecule has 0 heterocycles. The maximum Gasteiger partial charge on any atom is 0.416 e. The molecular weight excluding hydrogens is 287 g/mol. The summed E-state index contributed by atoms with van der Waals surface area (Å²) in [6.07, 6.45) is -2.60. The quantitative estimate of drug-likeness (QED) is 0.794. The summed E-state index contributed by atoms with van der Waals surface area (Å²) in [5.41, 5.74) is -1.21. The standard InChI is InChI=1S/C14H14F3NO3/c1-2-3-7-11(13(20)21)18-12(19)9-5-4-6-10(8-9)14(15,16)17/h2,4-6,8,11H,1,3,7H2,(H,18,19)(H,20,21)/t11-/m0/s1. The van der Waals surface area contributed by atoms with E-state index in [-0.39, 0.29) is 12.0 Å². The van der Waals surface area contributed by atoms with Crippen molar-refractivity contribution < 1.29 is 27.9 Å². The van der Waals surface area contributed by atoms with Crippen molar-refractivity contribution in [3.05, 3.63) is 48.0 Å². The number of hydrogen-bond acceptors (Lipinski definition) is 2. The van der Waals surface area contributed by atoms with Crippen LogP contribution in [0.3, 0.4) is 0 Å². The Kier molecular flexibility index (Phi) is 5.52. The van der Waals surface area contributed by atoms with Crippen molar-refractivity contribution in [1.29, 1.82) is 0 Å². The van der Waals surface area contributed by atoms with E-state index in [9.17, 15) is 22.8 Å². The van der Waals surface area contributed by atoms with E-state index < -0.39 is 29.7 Å². The van der Waals surface area contributed by atoms with E-state index in [4.69, 9.17) is 5.11 Å². The number of alkyl halides is 3. The second-order valence-electron chi connectivity index (χ2n) is 4.31. The first kappa shape index (κ1) is 16.7. The van der Waals surface area contributed by atoms with Gasteiger partial charge in [0, 0.05) is 5.56 Å². The summed E-state index contributed by atoms with van der Waals surface area (Å²) < 4.78 is 37.7. The van der Waals surface area contributed by atoms with Crippen LogP contribution < -0.4 is 5.32 Å². The van der Waals surface area contributed by atoms with E-state index in [1.165, 1.54) is 12.1 Å². The highest BCUT2D eigenvalue weighted by Crippen LogP contribution is 2.29. The minimum absolute atomic E-state index is 0.115. The molecule has 0 aliphatic heterocycles. The number of halogens is 3. The van der Waals surface area contributed by atoms with Gasteiger partial charge in [-0.3, -0.25) is 4.79 Å². The van der Waals surface area contributed by atoms with Crippen molar-refractivity contribution in [2.75, 3.05) is 0 Å². The van der Waals surface area contributed by atoms with E-state index in [1.807, 2.05) is 0 Å². The number of carboxylic acids is 1. The third-order valence-electron chi connectivity index (χ3n) is 2.71. The van der Waals surface area contributed by atoms with E-state index in [1.54, 1.807) is 0 Å². The number of rotatable bonds is 6. The second kappa shape index (κ2) is 6.92. The third-order valence-corrected chi connectivity index (χ3v) is 2.71. The van der Waals surface area contributed by atoms with Crippen LogP contribution in [-0.2, 0) is 11.0 Å². The third kappa shape index (κ3) is 4.94. The number of aliphatic carboxylic acids is 1. The summed E-state index contributed by atoms with van der Waals surface area (Å²) in [5.74, 6) is -2.12. The summed E-state index contributed by atoms with van der Waals surface area (Å²) in [5, 5.41) is 11.1. The number of amides is 1. The fourth-order valence-electron chi connectivity index (χ4n) is 1.62. The molecular formula is C14H14F3NO3. The normalized spacial score (nSPS) is 12.5. The average molecular weight is 301 g/mol. The molecule has 0 aliphatic rings. The molecule has 1 atom stereocenters. The Hall–Kier alpha value is -2.31. The molecule has 4 nitrogen and oxygen atoms in total. The van der Waals surface area contributed by atoms with Gasteiger partial charge in [0.05, 0.1) is 5.56 Å². The summed E-state index contributed by atoms with van der Waals surface area (Å²) in [6, 6.07) is 2.63. The molecule has 21 heavy (non-hydrogen) atoms. The largest absolute Gasteiger partial charge is 0.480 e. The van der Waals surface area contributed by atoms with Crippen LogP contribution in [0, 0.1) is 0 Å². The minimum atomic E-state index is -4.56. The Morgan fingerprint density at radius 2 is 2.05 bits per heavy atom. The highest BCUT2D eigenvalue weighted by molar-refractivity contribution is 5.96. The van der Waals surface area contributed by atoms with Gasteiger partial charge in [-0.2, -0.15) is 13.2 Å². The first-order valence-electron chi connectivity index (χ1n) is 6.07. The fraction of sp³-hybridized carbons (Fsp3) is 0.286. The molecule has 0 bridgehead atoms. The van der Waals surface area contributed by atoms with Crippen LogP contribution in [0.15, 0.2) is 36.9 Å². The molecule has 114 valence electrons. The van der Waals surface area contributed by atoms with Crippen LogP contribution in [0.4, 0.5) is 13.2 Å². The van der Waals surface area contributed by atoms with Crippen molar-refractivity contribution in [2.24, 2.45) is 0 Å². The molecule has 1 amide bonds. The molecule has 0 radical (unpaired) electrons. The summed E-state index contributed by atoms with van der Waals surface area (Å²) in [7, 11) is 0. The molecule has 0 saturated heterocycles. The SMILES string of the molecule is C=CCC[C@H](NC(=O)c1cccc(C(F)(F)F)c1)C(=O)O. The molecule has 0 unspecified atom stereocenters. The number of hydrogen-bond donors (Lipinski definition) is 2. The lowest BCUT2D eigenvalue weighted by molar-refractivity contribution is -0.139. The topological polar surface area (TPSA) is 66.4 Å². The zero-order valence-electron chi connectivity index (χ0n) is 11.0. The molecule has 0 aromatic heterocycles. The van der Waals surface area contributed by atoms with Crippen LogP contribution >= 0.6 is 0 Å². The van der Waals surface area contributed by atoms with Gasteiger partial charge < -0.3 is 10.4 Å². The Balaban J connectivity index is 2.87. The summed E-state index contributed by atoms with van der Waals surface area (Å²) in [6.45, 7) is 3.44. The van der Waals surface area contributed by atoms with Gasteiger partial charge in [0.25, 0.3) is 5.91 Å². The van der Waals surface area contributed by atoms with Gasteiger partial charge in [-0.25, -0.2) is 4.79 Å². The van der Waals surface area contributed by atoms with Crippen molar-refractivity contribution in [3.63, 3.8) is 0 Å². The molecule has 0 saturated carbocycles. The van der Waals surface area contributed by atoms with Gasteiger partial charge in [-0.15, -0.1) is 6.58 Å². The Labute approximate surface area is 119 Å². The molecule has 1 aromatic rings. The molecule has 0 fully saturated rings. The fourth-order valence-corrected chi connectivity index (χ4v) is 1.62. The molecule has 0 spiro atoms. The number of carboxylic acid groups (broad SMARTS) is 1. The minimum Gasteiger partial charge on any atom is -0.480 e. The van der Waals surface area contributed by atoms with Gasteiger partial charge in [-0.1, -0.05) is 12.1 Å². The van der Waals surface area contributed by atoms with Gasteiger partial charge >= 0.3 is 12.1 Å². The smallest absolute Gasteiger partial charge is 0.416 e. The van der Waals surface area contributed by atoms with Crippen LogP contribution in [0.2, 0.25) is 0 Å². The average Bonchev–Trinajstić information content (AvgIpc) is 2.42. The van der Waals surface area contributed by atoms with Crippen LogP contribution in [-0.4, -0.2) is 23.0 Å². The number of carbonyl (C=O) groups is 2. The lowest BCUT2D eigenvalue weighted by Crippen LogP contribution is -2.40. The lowest BCUT2D eigenvalue weighted by atomic mass is 10.1. The van der Waals surface area contributed by atoms with Crippen molar-refractivity contribution in [1.82, 2.24) is 5.32 Å².